The molecule has 40 heavy (non-hydrogen) atoms. The fraction of sp³-hybridized carbons (Fsp3) is 0.310. The summed E-state index contributed by atoms with van der Waals surface area (Å²) in [6.07, 6.45) is 0.289. The van der Waals surface area contributed by atoms with Gasteiger partial charge >= 0.3 is 0 Å². The van der Waals surface area contributed by atoms with Gasteiger partial charge in [0.1, 0.15) is 18.3 Å². The second-order valence-corrected chi connectivity index (χ2v) is 11.7. The zero-order valence-corrected chi connectivity index (χ0v) is 25.2. The summed E-state index contributed by atoms with van der Waals surface area (Å²) in [6.45, 7) is 5.08. The summed E-state index contributed by atoms with van der Waals surface area (Å²) >= 11 is 12.5. The van der Waals surface area contributed by atoms with Crippen LogP contribution in [0.2, 0.25) is 10.0 Å². The number of rotatable bonds is 12. The Morgan fingerprint density at radius 3 is 2.27 bits per heavy atom. The number of anilines is 1. The molecule has 0 bridgehead atoms. The molecule has 3 aromatic carbocycles. The first-order valence-corrected chi connectivity index (χ1v) is 15.0. The zero-order chi connectivity index (χ0) is 29.4. The van der Waals surface area contributed by atoms with Crippen LogP contribution in [0.1, 0.15) is 31.4 Å². The van der Waals surface area contributed by atoms with Crippen molar-refractivity contribution in [3.05, 3.63) is 87.9 Å². The highest BCUT2D eigenvalue weighted by Crippen LogP contribution is 2.33. The van der Waals surface area contributed by atoms with Crippen LogP contribution in [0, 0.1) is 6.92 Å². The zero-order valence-electron chi connectivity index (χ0n) is 22.9. The van der Waals surface area contributed by atoms with E-state index < -0.39 is 28.5 Å². The molecule has 0 saturated heterocycles. The number of hydrogen-bond acceptors (Lipinski definition) is 5. The molecule has 1 unspecified atom stereocenters. The number of halogens is 2. The molecule has 3 rings (SSSR count). The average Bonchev–Trinajstić information content (AvgIpc) is 2.93. The summed E-state index contributed by atoms with van der Waals surface area (Å²) in [4.78, 5) is 28.3. The first-order chi connectivity index (χ1) is 19.0. The lowest BCUT2D eigenvalue weighted by Gasteiger charge is -2.33. The molecule has 0 radical (unpaired) electrons. The van der Waals surface area contributed by atoms with Crippen molar-refractivity contribution < 1.29 is 22.7 Å². The summed E-state index contributed by atoms with van der Waals surface area (Å²) in [7, 11) is -2.74. The lowest BCUT2D eigenvalue weighted by molar-refractivity contribution is -0.140. The maximum Gasteiger partial charge on any atom is 0.264 e. The van der Waals surface area contributed by atoms with Gasteiger partial charge in [0.05, 0.1) is 17.2 Å². The number of carbonyl (C=O) groups excluding carboxylic acids is 2. The van der Waals surface area contributed by atoms with Gasteiger partial charge in [-0.15, -0.1) is 0 Å². The molecule has 0 aliphatic rings. The molecule has 8 nitrogen and oxygen atoms in total. The number of likely N-dealkylation sites (N-methyl/N-ethyl adjacent to an activating group) is 1. The minimum atomic E-state index is -4.22. The second-order valence-electron chi connectivity index (χ2n) is 9.02. The lowest BCUT2D eigenvalue weighted by atomic mass is 10.1. The molecule has 0 heterocycles. The van der Waals surface area contributed by atoms with Gasteiger partial charge in [0.15, 0.2) is 0 Å². The van der Waals surface area contributed by atoms with Crippen LogP contribution >= 0.6 is 23.2 Å². The van der Waals surface area contributed by atoms with Crippen molar-refractivity contribution in [1.29, 1.82) is 0 Å². The van der Waals surface area contributed by atoms with E-state index in [1.165, 1.54) is 24.1 Å². The Labute approximate surface area is 245 Å². The summed E-state index contributed by atoms with van der Waals surface area (Å²) in [5.74, 6) is -0.675. The Hall–Kier alpha value is -3.27. The number of benzene rings is 3. The van der Waals surface area contributed by atoms with Crippen molar-refractivity contribution in [2.24, 2.45) is 0 Å². The summed E-state index contributed by atoms with van der Waals surface area (Å²) in [6, 6.07) is 17.0. The molecule has 0 saturated carbocycles. The van der Waals surface area contributed by atoms with Gasteiger partial charge in [-0.2, -0.15) is 0 Å². The number of nitrogens with one attached hydrogen (secondary N) is 1. The molecule has 1 N–H and O–H groups in total. The van der Waals surface area contributed by atoms with E-state index in [1.807, 2.05) is 6.92 Å². The Morgan fingerprint density at radius 2 is 1.68 bits per heavy atom. The monoisotopic (exact) mass is 605 g/mol. The minimum absolute atomic E-state index is 0.0165. The van der Waals surface area contributed by atoms with Crippen LogP contribution in [0.5, 0.6) is 5.75 Å². The third kappa shape index (κ3) is 7.27. The van der Waals surface area contributed by atoms with Gasteiger partial charge < -0.3 is 15.0 Å². The second kappa shape index (κ2) is 13.9. The molecule has 2 amide bonds. The van der Waals surface area contributed by atoms with Crippen molar-refractivity contribution in [3.63, 3.8) is 0 Å². The molecular formula is C29H33Cl2N3O5S. The lowest BCUT2D eigenvalue weighted by Crippen LogP contribution is -2.51. The van der Waals surface area contributed by atoms with E-state index >= 15 is 0 Å². The van der Waals surface area contributed by atoms with Crippen LogP contribution in [-0.2, 0) is 26.2 Å². The number of sulfonamides is 1. The molecule has 1 atom stereocenters. The maximum atomic E-state index is 14.1. The Balaban J connectivity index is 2.13. The van der Waals surface area contributed by atoms with Crippen LogP contribution in [0.25, 0.3) is 0 Å². The van der Waals surface area contributed by atoms with Gasteiger partial charge in [0.2, 0.25) is 11.8 Å². The number of carbonyl (C=O) groups is 2. The molecule has 0 aromatic heterocycles. The van der Waals surface area contributed by atoms with E-state index in [1.54, 1.807) is 68.4 Å². The number of hydrogen-bond donors (Lipinski definition) is 1. The van der Waals surface area contributed by atoms with Gasteiger partial charge in [0.25, 0.3) is 10.0 Å². The van der Waals surface area contributed by atoms with Gasteiger partial charge in [0, 0.05) is 23.6 Å². The summed E-state index contributed by atoms with van der Waals surface area (Å²) < 4.78 is 34.8. The normalized spacial score (nSPS) is 11.9. The molecular weight excluding hydrogens is 573 g/mol. The Morgan fingerprint density at radius 1 is 1.00 bits per heavy atom. The third-order valence-electron chi connectivity index (χ3n) is 6.31. The molecule has 0 fully saturated rings. The highest BCUT2D eigenvalue weighted by Gasteiger charge is 2.34. The molecule has 214 valence electrons. The van der Waals surface area contributed by atoms with E-state index in [4.69, 9.17) is 27.9 Å². The van der Waals surface area contributed by atoms with Gasteiger partial charge in [-0.25, -0.2) is 8.42 Å². The Bertz CT molecular complexity index is 1450. The highest BCUT2D eigenvalue weighted by atomic mass is 35.5. The molecule has 0 spiro atoms. The van der Waals surface area contributed by atoms with Crippen LogP contribution in [0.4, 0.5) is 5.69 Å². The van der Waals surface area contributed by atoms with Crippen molar-refractivity contribution in [3.8, 4) is 5.75 Å². The Kier molecular flexibility index (Phi) is 10.8. The highest BCUT2D eigenvalue weighted by molar-refractivity contribution is 7.92. The minimum Gasteiger partial charge on any atom is -0.492 e. The standard InChI is InChI=1S/C29H33Cl2N3O5S/c1-5-25(29(36)32-4)33(18-21-13-14-22(30)17-24(21)31)28(35)19-34(26-9-7-8-10-27(26)39-6-2)40(37,38)23-15-11-20(3)12-16-23/h7-17,25H,5-6,18-19H2,1-4H3,(H,32,36). The topological polar surface area (TPSA) is 96.0 Å². The van der Waals surface area contributed by atoms with E-state index in [0.29, 0.717) is 28.0 Å². The fourth-order valence-electron chi connectivity index (χ4n) is 4.21. The van der Waals surface area contributed by atoms with Crippen LogP contribution in [0.15, 0.2) is 71.6 Å². The fourth-order valence-corrected chi connectivity index (χ4v) is 6.10. The van der Waals surface area contributed by atoms with Crippen molar-refractivity contribution in [2.45, 2.75) is 44.7 Å². The summed E-state index contributed by atoms with van der Waals surface area (Å²) in [5, 5.41) is 3.34. The van der Waals surface area contributed by atoms with Crippen molar-refractivity contribution >= 4 is 50.7 Å². The van der Waals surface area contributed by atoms with E-state index in [9.17, 15) is 18.0 Å². The molecule has 3 aromatic rings. The van der Waals surface area contributed by atoms with E-state index in [2.05, 4.69) is 5.32 Å². The summed E-state index contributed by atoms with van der Waals surface area (Å²) in [5.41, 5.74) is 1.65. The average molecular weight is 607 g/mol. The van der Waals surface area contributed by atoms with Crippen molar-refractivity contribution in [2.75, 3.05) is 24.5 Å². The molecule has 0 aliphatic carbocycles. The van der Waals surface area contributed by atoms with Crippen LogP contribution in [-0.4, -0.2) is 51.4 Å². The first-order valence-electron chi connectivity index (χ1n) is 12.8. The maximum absolute atomic E-state index is 14.1. The van der Waals surface area contributed by atoms with Crippen LogP contribution < -0.4 is 14.4 Å². The SMILES string of the molecule is CCOc1ccccc1N(CC(=O)N(Cc1ccc(Cl)cc1Cl)C(CC)C(=O)NC)S(=O)(=O)c1ccc(C)cc1. The number of nitrogens with zero attached hydrogens (tertiary/aromatic N) is 2. The van der Waals surface area contributed by atoms with Gasteiger partial charge in [-0.1, -0.05) is 66.0 Å². The quantitative estimate of drug-likeness (QED) is 0.296. The van der Waals surface area contributed by atoms with Gasteiger partial charge in [-0.05, 0) is 62.2 Å². The van der Waals surface area contributed by atoms with Crippen molar-refractivity contribution in [1.82, 2.24) is 10.2 Å². The number of ether oxygens (including phenoxy) is 1. The van der Waals surface area contributed by atoms with Crippen LogP contribution in [0.3, 0.4) is 0 Å². The van der Waals surface area contributed by atoms with Gasteiger partial charge in [-0.3, -0.25) is 13.9 Å². The number of aryl methyl sites for hydroxylation is 1. The number of para-hydroxylation sites is 2. The first kappa shape index (κ1) is 31.3. The number of amides is 2. The third-order valence-corrected chi connectivity index (χ3v) is 8.67. The van der Waals surface area contributed by atoms with E-state index in [0.717, 1.165) is 9.87 Å². The molecule has 0 aliphatic heterocycles. The van der Waals surface area contributed by atoms with E-state index in [-0.39, 0.29) is 29.5 Å². The predicted octanol–water partition coefficient (Wildman–Crippen LogP) is 5.45. The molecule has 11 heteroatoms. The largest absolute Gasteiger partial charge is 0.492 e. The predicted molar refractivity (Wildman–Crippen MR) is 158 cm³/mol. The smallest absolute Gasteiger partial charge is 0.264 e.